The van der Waals surface area contributed by atoms with Crippen molar-refractivity contribution in [3.8, 4) is 5.75 Å². The van der Waals surface area contributed by atoms with Crippen LogP contribution in [0.4, 0.5) is 0 Å². The van der Waals surface area contributed by atoms with Crippen LogP contribution in [0.15, 0.2) is 54.6 Å². The van der Waals surface area contributed by atoms with Crippen molar-refractivity contribution >= 4 is 0 Å². The fraction of sp³-hybridized carbons (Fsp3) is 0.235. The quantitative estimate of drug-likeness (QED) is 0.815. The lowest BCUT2D eigenvalue weighted by Gasteiger charge is -2.08. The molecule has 1 unspecified atom stereocenters. The Hall–Kier alpha value is -2.31. The van der Waals surface area contributed by atoms with E-state index in [1.165, 1.54) is 5.56 Å². The molecule has 2 aromatic carbocycles. The van der Waals surface area contributed by atoms with Gasteiger partial charge < -0.3 is 14.7 Å². The van der Waals surface area contributed by atoms with Crippen LogP contribution in [0, 0.1) is 6.57 Å². The molecule has 102 valence electrons. The van der Waals surface area contributed by atoms with Crippen LogP contribution in [-0.4, -0.2) is 18.3 Å². The molecule has 0 radical (unpaired) electrons. The van der Waals surface area contributed by atoms with E-state index in [9.17, 15) is 5.11 Å². The summed E-state index contributed by atoms with van der Waals surface area (Å²) < 4.78 is 5.66. The largest absolute Gasteiger partial charge is 0.493 e. The average Bonchev–Trinajstić information content (AvgIpc) is 2.49. The number of aliphatic hydroxyl groups excluding tert-OH is 1. The Balaban J connectivity index is 1.84. The van der Waals surface area contributed by atoms with Crippen LogP contribution in [-0.2, 0) is 6.42 Å². The van der Waals surface area contributed by atoms with Gasteiger partial charge in [0.05, 0.1) is 6.61 Å². The summed E-state index contributed by atoms with van der Waals surface area (Å²) in [6.45, 7) is 7.45. The lowest BCUT2D eigenvalue weighted by molar-refractivity contribution is 0.195. The summed E-state index contributed by atoms with van der Waals surface area (Å²) in [5.41, 5.74) is 1.99. The van der Waals surface area contributed by atoms with Crippen molar-refractivity contribution in [3.63, 3.8) is 0 Å². The second kappa shape index (κ2) is 7.32. The standard InChI is InChI=1S/C17H17NO2/c1-18-13-17(19)15-7-9-16(10-8-15)20-12-11-14-5-3-2-4-6-14/h2-10,17,19H,11-13H2. The topological polar surface area (TPSA) is 33.8 Å². The zero-order chi connectivity index (χ0) is 14.2. The second-order valence-electron chi connectivity index (χ2n) is 4.51. The van der Waals surface area contributed by atoms with Crippen molar-refractivity contribution in [2.75, 3.05) is 13.2 Å². The monoisotopic (exact) mass is 267 g/mol. The van der Waals surface area contributed by atoms with Crippen LogP contribution in [0.3, 0.4) is 0 Å². The molecule has 0 aliphatic heterocycles. The van der Waals surface area contributed by atoms with Crippen molar-refractivity contribution < 1.29 is 9.84 Å². The predicted molar refractivity (Wildman–Crippen MR) is 78.5 cm³/mol. The van der Waals surface area contributed by atoms with Gasteiger partial charge in [-0.3, -0.25) is 0 Å². The number of ether oxygens (including phenoxy) is 1. The number of hydrogen-bond acceptors (Lipinski definition) is 2. The highest BCUT2D eigenvalue weighted by Gasteiger charge is 2.09. The molecule has 0 aliphatic rings. The zero-order valence-corrected chi connectivity index (χ0v) is 11.2. The maximum atomic E-state index is 9.68. The molecule has 0 saturated heterocycles. The van der Waals surface area contributed by atoms with Gasteiger partial charge in [0, 0.05) is 6.42 Å². The van der Waals surface area contributed by atoms with Crippen molar-refractivity contribution in [2.45, 2.75) is 12.5 Å². The average molecular weight is 267 g/mol. The Labute approximate surface area is 119 Å². The smallest absolute Gasteiger partial charge is 0.244 e. The number of benzene rings is 2. The van der Waals surface area contributed by atoms with E-state index in [2.05, 4.69) is 17.0 Å². The van der Waals surface area contributed by atoms with Gasteiger partial charge in [0.15, 0.2) is 6.10 Å². The summed E-state index contributed by atoms with van der Waals surface area (Å²) >= 11 is 0. The summed E-state index contributed by atoms with van der Waals surface area (Å²) in [6.07, 6.45) is 0.147. The van der Waals surface area contributed by atoms with Crippen LogP contribution in [0.5, 0.6) is 5.75 Å². The number of rotatable bonds is 6. The minimum atomic E-state index is -0.717. The molecule has 0 spiro atoms. The third-order valence-electron chi connectivity index (χ3n) is 3.03. The van der Waals surface area contributed by atoms with Crippen molar-refractivity contribution in [1.29, 1.82) is 0 Å². The predicted octanol–water partition coefficient (Wildman–Crippen LogP) is 3.26. The van der Waals surface area contributed by atoms with Crippen molar-refractivity contribution in [2.24, 2.45) is 0 Å². The van der Waals surface area contributed by atoms with Gasteiger partial charge in [-0.2, -0.15) is 0 Å². The van der Waals surface area contributed by atoms with Gasteiger partial charge in [0.1, 0.15) is 5.75 Å². The molecular weight excluding hydrogens is 250 g/mol. The van der Waals surface area contributed by atoms with E-state index in [0.29, 0.717) is 6.61 Å². The number of aliphatic hydroxyl groups is 1. The molecular formula is C17H17NO2. The van der Waals surface area contributed by atoms with Crippen LogP contribution in [0.1, 0.15) is 17.2 Å². The molecule has 0 aliphatic carbocycles. The fourth-order valence-corrected chi connectivity index (χ4v) is 1.91. The molecule has 0 heterocycles. The first kappa shape index (κ1) is 14.1. The van der Waals surface area contributed by atoms with Crippen LogP contribution >= 0.6 is 0 Å². The van der Waals surface area contributed by atoms with Gasteiger partial charge in [-0.15, -0.1) is 0 Å². The Morgan fingerprint density at radius 3 is 2.40 bits per heavy atom. The number of nitrogens with zero attached hydrogens (tertiary/aromatic N) is 1. The van der Waals surface area contributed by atoms with E-state index in [-0.39, 0.29) is 6.54 Å². The summed E-state index contributed by atoms with van der Waals surface area (Å²) in [5, 5.41) is 9.68. The van der Waals surface area contributed by atoms with E-state index in [4.69, 9.17) is 11.3 Å². The van der Waals surface area contributed by atoms with Gasteiger partial charge in [-0.05, 0) is 23.3 Å². The Morgan fingerprint density at radius 1 is 1.05 bits per heavy atom. The Morgan fingerprint density at radius 2 is 1.75 bits per heavy atom. The van der Waals surface area contributed by atoms with Crippen LogP contribution in [0.25, 0.3) is 4.85 Å². The molecule has 3 heteroatoms. The summed E-state index contributed by atoms with van der Waals surface area (Å²) in [5.74, 6) is 0.777. The van der Waals surface area contributed by atoms with Gasteiger partial charge in [-0.25, -0.2) is 6.57 Å². The lowest BCUT2D eigenvalue weighted by atomic mass is 10.1. The normalized spacial score (nSPS) is 11.6. The van der Waals surface area contributed by atoms with Gasteiger partial charge in [0.2, 0.25) is 6.54 Å². The highest BCUT2D eigenvalue weighted by molar-refractivity contribution is 5.29. The highest BCUT2D eigenvalue weighted by Crippen LogP contribution is 2.18. The molecule has 1 atom stereocenters. The van der Waals surface area contributed by atoms with E-state index in [0.717, 1.165) is 17.7 Å². The van der Waals surface area contributed by atoms with Gasteiger partial charge >= 0.3 is 0 Å². The molecule has 2 rings (SSSR count). The maximum Gasteiger partial charge on any atom is 0.244 e. The summed E-state index contributed by atoms with van der Waals surface area (Å²) in [6, 6.07) is 17.4. The molecule has 1 N–H and O–H groups in total. The summed E-state index contributed by atoms with van der Waals surface area (Å²) in [7, 11) is 0. The molecule has 2 aromatic rings. The van der Waals surface area contributed by atoms with Crippen LogP contribution < -0.4 is 4.74 Å². The zero-order valence-electron chi connectivity index (χ0n) is 11.2. The summed E-state index contributed by atoms with van der Waals surface area (Å²) in [4.78, 5) is 3.19. The van der Waals surface area contributed by atoms with Gasteiger partial charge in [-0.1, -0.05) is 42.5 Å². The van der Waals surface area contributed by atoms with Crippen molar-refractivity contribution in [1.82, 2.24) is 0 Å². The third kappa shape index (κ3) is 4.11. The van der Waals surface area contributed by atoms with Crippen molar-refractivity contribution in [3.05, 3.63) is 77.1 Å². The fourth-order valence-electron chi connectivity index (χ4n) is 1.91. The third-order valence-corrected chi connectivity index (χ3v) is 3.03. The maximum absolute atomic E-state index is 9.68. The van der Waals surface area contributed by atoms with Gasteiger partial charge in [0.25, 0.3) is 0 Å². The van der Waals surface area contributed by atoms with E-state index < -0.39 is 6.10 Å². The minimum Gasteiger partial charge on any atom is -0.493 e. The molecule has 0 saturated carbocycles. The number of hydrogen-bond donors (Lipinski definition) is 1. The Bertz CT molecular complexity index is 558. The second-order valence-corrected chi connectivity index (χ2v) is 4.51. The first-order valence-corrected chi connectivity index (χ1v) is 6.57. The first-order valence-electron chi connectivity index (χ1n) is 6.57. The van der Waals surface area contributed by atoms with E-state index in [1.807, 2.05) is 30.3 Å². The molecule has 0 bridgehead atoms. The molecule has 0 amide bonds. The lowest BCUT2D eigenvalue weighted by Crippen LogP contribution is -2.02. The van der Waals surface area contributed by atoms with E-state index >= 15 is 0 Å². The molecule has 0 fully saturated rings. The molecule has 3 nitrogen and oxygen atoms in total. The minimum absolute atomic E-state index is 0.0915. The van der Waals surface area contributed by atoms with Crippen LogP contribution in [0.2, 0.25) is 0 Å². The SMILES string of the molecule is [C-]#[N+]CC(O)c1ccc(OCCc2ccccc2)cc1. The first-order chi connectivity index (χ1) is 9.79. The molecule has 0 aromatic heterocycles. The molecule has 20 heavy (non-hydrogen) atoms. The highest BCUT2D eigenvalue weighted by atomic mass is 16.5. The van der Waals surface area contributed by atoms with E-state index in [1.54, 1.807) is 12.1 Å². The Kier molecular flexibility index (Phi) is 5.16.